The Morgan fingerprint density at radius 1 is 0.750 bits per heavy atom. The van der Waals surface area contributed by atoms with Gasteiger partial charge in [-0.25, -0.2) is 0 Å². The van der Waals surface area contributed by atoms with E-state index < -0.39 is 45.4 Å². The van der Waals surface area contributed by atoms with Gasteiger partial charge in [0.1, 0.15) is 5.41 Å². The summed E-state index contributed by atoms with van der Waals surface area (Å²) in [4.78, 5) is 29.4. The molecule has 0 aromatic heterocycles. The van der Waals surface area contributed by atoms with Gasteiger partial charge in [-0.1, -0.05) is 101 Å². The van der Waals surface area contributed by atoms with Crippen molar-refractivity contribution >= 4 is 11.8 Å². The van der Waals surface area contributed by atoms with Crippen LogP contribution in [-0.2, 0) is 9.59 Å². The number of primary amides is 1. The zero-order chi connectivity index (χ0) is 28.2. The van der Waals surface area contributed by atoms with Gasteiger partial charge in [-0.2, -0.15) is 0 Å². The maximum atomic E-state index is 14.8. The minimum atomic E-state index is -1.27. The molecule has 1 saturated carbocycles. The predicted octanol–water partition coefficient (Wildman–Crippen LogP) is 5.96. The van der Waals surface area contributed by atoms with Gasteiger partial charge in [0.05, 0.1) is 23.3 Å². The van der Waals surface area contributed by atoms with E-state index in [4.69, 9.17) is 5.73 Å². The van der Waals surface area contributed by atoms with E-state index in [9.17, 15) is 19.8 Å². The molecule has 0 heterocycles. The number of nitrogens with two attached hydrogens (primary N) is 1. The lowest BCUT2D eigenvalue weighted by Gasteiger charge is -2.60. The topological polar surface area (TPSA) is 104 Å². The second-order valence-corrected chi connectivity index (χ2v) is 13.8. The van der Waals surface area contributed by atoms with Crippen molar-refractivity contribution in [3.63, 3.8) is 0 Å². The molecule has 6 heteroatoms. The third-order valence-corrected chi connectivity index (χ3v) is 8.27. The number of amides is 2. The van der Waals surface area contributed by atoms with Crippen molar-refractivity contribution in [1.29, 1.82) is 0 Å². The van der Waals surface area contributed by atoms with E-state index in [1.54, 1.807) is 4.90 Å². The molecule has 2 amide bonds. The second-order valence-electron chi connectivity index (χ2n) is 13.8. The van der Waals surface area contributed by atoms with Crippen LogP contribution >= 0.6 is 0 Å². The van der Waals surface area contributed by atoms with E-state index >= 15 is 0 Å². The smallest absolute Gasteiger partial charge is 0.238 e. The first-order chi connectivity index (χ1) is 16.4. The van der Waals surface area contributed by atoms with Crippen molar-refractivity contribution in [2.24, 2.45) is 22.0 Å². The fourth-order valence-corrected chi connectivity index (χ4v) is 7.22. The summed E-state index contributed by atoms with van der Waals surface area (Å²) in [6.07, 6.45) is 6.81. The largest absolute Gasteiger partial charge is 0.388 e. The molecule has 1 aliphatic carbocycles. The molecule has 1 rings (SSSR count). The predicted molar refractivity (Wildman–Crippen MR) is 148 cm³/mol. The first-order valence-electron chi connectivity index (χ1n) is 14.5. The molecule has 0 aromatic carbocycles. The van der Waals surface area contributed by atoms with Crippen molar-refractivity contribution in [2.45, 2.75) is 163 Å². The summed E-state index contributed by atoms with van der Waals surface area (Å²) in [5, 5.41) is 24.7. The summed E-state index contributed by atoms with van der Waals surface area (Å²) in [5.74, 6) is -0.898. The Morgan fingerprint density at radius 2 is 1.06 bits per heavy atom. The van der Waals surface area contributed by atoms with Crippen LogP contribution in [0, 0.1) is 16.2 Å². The maximum Gasteiger partial charge on any atom is 0.238 e. The lowest BCUT2D eigenvalue weighted by molar-refractivity contribution is -0.198. The van der Waals surface area contributed by atoms with E-state index in [0.29, 0.717) is 38.5 Å². The summed E-state index contributed by atoms with van der Waals surface area (Å²) >= 11 is 0. The fourth-order valence-electron chi connectivity index (χ4n) is 7.22. The van der Waals surface area contributed by atoms with E-state index in [2.05, 4.69) is 69.2 Å². The van der Waals surface area contributed by atoms with Crippen LogP contribution in [0.2, 0.25) is 0 Å². The monoisotopic (exact) mass is 510 g/mol. The number of carbonyl (C=O) groups excluding carboxylic acids is 2. The second kappa shape index (κ2) is 12.1. The van der Waals surface area contributed by atoms with Crippen LogP contribution in [0.15, 0.2) is 0 Å². The van der Waals surface area contributed by atoms with E-state index in [-0.39, 0.29) is 5.91 Å². The Bertz CT molecular complexity index is 678. The Labute approximate surface area is 221 Å². The number of hydrogen-bond donors (Lipinski definition) is 3. The van der Waals surface area contributed by atoms with E-state index in [0.717, 1.165) is 32.1 Å². The van der Waals surface area contributed by atoms with Crippen LogP contribution in [0.5, 0.6) is 0 Å². The number of hydrogen-bond acceptors (Lipinski definition) is 4. The normalized spacial score (nSPS) is 18.3. The molecule has 1 fully saturated rings. The quantitative estimate of drug-likeness (QED) is 0.251. The summed E-state index contributed by atoms with van der Waals surface area (Å²) in [6, 6.07) is -1.20. The van der Waals surface area contributed by atoms with Gasteiger partial charge in [0.2, 0.25) is 11.8 Å². The number of aliphatic hydroxyl groups is 2. The van der Waals surface area contributed by atoms with Gasteiger partial charge in [-0.3, -0.25) is 9.59 Å². The first kappa shape index (κ1) is 32.9. The molecule has 2 atom stereocenters. The Balaban J connectivity index is 4.13. The molecule has 36 heavy (non-hydrogen) atoms. The van der Waals surface area contributed by atoms with Crippen LogP contribution in [0.4, 0.5) is 0 Å². The van der Waals surface area contributed by atoms with Gasteiger partial charge in [-0.15, -0.1) is 0 Å². The lowest BCUT2D eigenvalue weighted by atomic mass is 9.62. The van der Waals surface area contributed by atoms with Crippen molar-refractivity contribution in [3.05, 3.63) is 0 Å². The third kappa shape index (κ3) is 6.64. The van der Waals surface area contributed by atoms with Crippen molar-refractivity contribution < 1.29 is 19.8 Å². The first-order valence-corrected chi connectivity index (χ1v) is 14.5. The van der Waals surface area contributed by atoms with Gasteiger partial charge in [0.15, 0.2) is 0 Å². The molecule has 0 aromatic rings. The Kier molecular flexibility index (Phi) is 11.1. The van der Waals surface area contributed by atoms with Crippen molar-refractivity contribution in [2.75, 3.05) is 0 Å². The lowest BCUT2D eigenvalue weighted by Crippen LogP contribution is -2.73. The van der Waals surface area contributed by atoms with Crippen LogP contribution in [0.3, 0.4) is 0 Å². The van der Waals surface area contributed by atoms with Gasteiger partial charge < -0.3 is 20.8 Å². The van der Waals surface area contributed by atoms with Crippen molar-refractivity contribution in [1.82, 2.24) is 4.90 Å². The summed E-state index contributed by atoms with van der Waals surface area (Å²) in [6.45, 7) is 20.6. The zero-order valence-corrected chi connectivity index (χ0v) is 25.2. The number of nitrogens with zero attached hydrogens (tertiary/aromatic N) is 1. The van der Waals surface area contributed by atoms with Gasteiger partial charge in [0.25, 0.3) is 0 Å². The zero-order valence-electron chi connectivity index (χ0n) is 25.2. The highest BCUT2D eigenvalue weighted by Crippen LogP contribution is 2.51. The van der Waals surface area contributed by atoms with E-state index in [1.807, 2.05) is 0 Å². The third-order valence-electron chi connectivity index (χ3n) is 8.27. The molecule has 0 spiro atoms. The molecule has 0 aliphatic heterocycles. The maximum absolute atomic E-state index is 14.8. The molecular weight excluding hydrogens is 452 g/mol. The molecule has 4 N–H and O–H groups in total. The van der Waals surface area contributed by atoms with Crippen LogP contribution in [0.25, 0.3) is 0 Å². The summed E-state index contributed by atoms with van der Waals surface area (Å²) in [5.41, 5.74) is 1.30. The highest BCUT2D eigenvalue weighted by atomic mass is 16.3. The Morgan fingerprint density at radius 3 is 1.22 bits per heavy atom. The Hall–Kier alpha value is -1.14. The molecule has 1 aliphatic rings. The van der Waals surface area contributed by atoms with Gasteiger partial charge >= 0.3 is 0 Å². The summed E-state index contributed by atoms with van der Waals surface area (Å²) < 4.78 is 0. The molecular formula is C30H58N2O4. The molecule has 0 bridgehead atoms. The average molecular weight is 511 g/mol. The minimum absolute atomic E-state index is 0.308. The average Bonchev–Trinajstić information content (AvgIpc) is 2.64. The molecule has 2 unspecified atom stereocenters. The standard InChI is InChI=1S/C30H58N2O4/c1-11-16-29(35,17-12-2)22(26(5,6)7)32(25(34)28(24(31)33)20-15-21-28)23(27(8,9)10)30(36,18-13-3)19-14-4/h22-23,35-36H,11-21H2,1-10H3,(H2,31,33). The van der Waals surface area contributed by atoms with Crippen LogP contribution in [-0.4, -0.2) is 50.2 Å². The SMILES string of the molecule is CCCC(O)(CCC)C(N(C(=O)C1(C(N)=O)CCC1)C(C(C)(C)C)C(O)(CCC)CCC)C(C)(C)C. The molecule has 6 nitrogen and oxygen atoms in total. The number of rotatable bonds is 14. The number of carbonyl (C=O) groups is 2. The van der Waals surface area contributed by atoms with E-state index in [1.165, 1.54) is 0 Å². The van der Waals surface area contributed by atoms with Crippen LogP contribution in [0.1, 0.15) is 140 Å². The summed E-state index contributed by atoms with van der Waals surface area (Å²) in [7, 11) is 0. The minimum Gasteiger partial charge on any atom is -0.388 e. The fraction of sp³-hybridized carbons (Fsp3) is 0.933. The molecule has 0 radical (unpaired) electrons. The van der Waals surface area contributed by atoms with Crippen molar-refractivity contribution in [3.8, 4) is 0 Å². The molecule has 0 saturated heterocycles. The highest BCUT2D eigenvalue weighted by Gasteiger charge is 2.61. The highest BCUT2D eigenvalue weighted by molar-refractivity contribution is 6.05. The van der Waals surface area contributed by atoms with Gasteiger partial charge in [-0.05, 0) is 49.4 Å². The molecule has 212 valence electrons. The van der Waals surface area contributed by atoms with Gasteiger partial charge in [0, 0.05) is 0 Å². The van der Waals surface area contributed by atoms with Crippen LogP contribution < -0.4 is 5.73 Å².